The Bertz CT molecular complexity index is 379. The quantitative estimate of drug-likeness (QED) is 0.432. The minimum atomic E-state index is 0.593. The van der Waals surface area contributed by atoms with Crippen molar-refractivity contribution in [1.82, 2.24) is 15.6 Å². The fourth-order valence-electron chi connectivity index (χ4n) is 1.60. The lowest BCUT2D eigenvalue weighted by Crippen LogP contribution is -2.37. The fourth-order valence-corrected chi connectivity index (χ4v) is 1.60. The molecule has 1 aromatic rings. The number of nitrogens with zero attached hydrogens (tertiary/aromatic N) is 2. The molecule has 112 valence electrons. The van der Waals surface area contributed by atoms with Crippen LogP contribution in [-0.2, 0) is 11.3 Å². The maximum atomic E-state index is 5.53. The van der Waals surface area contributed by atoms with Gasteiger partial charge in [-0.3, -0.25) is 9.98 Å². The van der Waals surface area contributed by atoms with Gasteiger partial charge in [0.1, 0.15) is 0 Å². The average molecular weight is 278 g/mol. The van der Waals surface area contributed by atoms with E-state index in [2.05, 4.69) is 34.5 Å². The van der Waals surface area contributed by atoms with E-state index in [1.54, 1.807) is 13.2 Å². The van der Waals surface area contributed by atoms with Gasteiger partial charge in [-0.15, -0.1) is 0 Å². The van der Waals surface area contributed by atoms with Crippen LogP contribution in [-0.4, -0.2) is 37.7 Å². The van der Waals surface area contributed by atoms with E-state index in [9.17, 15) is 0 Å². The summed E-state index contributed by atoms with van der Waals surface area (Å²) in [7, 11) is 1.77. The second-order valence-electron chi connectivity index (χ2n) is 5.00. The first-order valence-corrected chi connectivity index (χ1v) is 7.14. The van der Waals surface area contributed by atoms with Crippen LogP contribution in [0.5, 0.6) is 0 Å². The molecule has 0 aliphatic rings. The molecule has 0 bridgehead atoms. The zero-order valence-electron chi connectivity index (χ0n) is 12.7. The Balaban J connectivity index is 2.11. The molecule has 0 aliphatic carbocycles. The molecule has 0 saturated carbocycles. The minimum Gasteiger partial charge on any atom is -0.381 e. The average Bonchev–Trinajstić information content (AvgIpc) is 2.46. The van der Waals surface area contributed by atoms with Gasteiger partial charge in [0.25, 0.3) is 0 Å². The summed E-state index contributed by atoms with van der Waals surface area (Å²) < 4.78 is 5.53. The van der Waals surface area contributed by atoms with Crippen molar-refractivity contribution >= 4 is 5.96 Å². The number of ether oxygens (including phenoxy) is 1. The predicted molar refractivity (Wildman–Crippen MR) is 82.7 cm³/mol. The van der Waals surface area contributed by atoms with Crippen LogP contribution in [0.25, 0.3) is 0 Å². The molecule has 5 nitrogen and oxygen atoms in total. The Morgan fingerprint density at radius 1 is 1.35 bits per heavy atom. The van der Waals surface area contributed by atoms with Crippen molar-refractivity contribution in [2.45, 2.75) is 26.8 Å². The van der Waals surface area contributed by atoms with Crippen LogP contribution in [0.3, 0.4) is 0 Å². The summed E-state index contributed by atoms with van der Waals surface area (Å²) in [6.07, 6.45) is 2.76. The predicted octanol–water partition coefficient (Wildman–Crippen LogP) is 1.81. The van der Waals surface area contributed by atoms with Crippen molar-refractivity contribution in [3.05, 3.63) is 30.1 Å². The standard InChI is InChI=1S/C15H26N4O/c1-13(2)12-20-10-6-9-18-15(16-3)19-11-14-7-4-5-8-17-14/h4-5,7-8,13H,6,9-12H2,1-3H3,(H2,16,18,19). The van der Waals surface area contributed by atoms with Crippen LogP contribution < -0.4 is 10.6 Å². The fraction of sp³-hybridized carbons (Fsp3) is 0.600. The summed E-state index contributed by atoms with van der Waals surface area (Å²) >= 11 is 0. The number of guanidine groups is 1. The molecular formula is C15H26N4O. The molecule has 0 unspecified atom stereocenters. The first-order valence-electron chi connectivity index (χ1n) is 7.14. The summed E-state index contributed by atoms with van der Waals surface area (Å²) in [6, 6.07) is 5.88. The molecule has 0 aliphatic heterocycles. The number of hydrogen-bond acceptors (Lipinski definition) is 3. The Morgan fingerprint density at radius 3 is 2.85 bits per heavy atom. The van der Waals surface area contributed by atoms with Crippen molar-refractivity contribution < 1.29 is 4.74 Å². The molecule has 1 aromatic heterocycles. The molecule has 0 spiro atoms. The Labute approximate surface area is 121 Å². The zero-order valence-corrected chi connectivity index (χ0v) is 12.7. The van der Waals surface area contributed by atoms with Crippen LogP contribution in [0.1, 0.15) is 26.0 Å². The summed E-state index contributed by atoms with van der Waals surface area (Å²) in [6.45, 7) is 7.43. The normalized spacial score (nSPS) is 11.7. The topological polar surface area (TPSA) is 58.5 Å². The summed E-state index contributed by atoms with van der Waals surface area (Å²) in [5, 5.41) is 6.49. The molecule has 5 heteroatoms. The lowest BCUT2D eigenvalue weighted by Gasteiger charge is -2.12. The molecule has 0 atom stereocenters. The highest BCUT2D eigenvalue weighted by Crippen LogP contribution is 1.93. The van der Waals surface area contributed by atoms with Crippen LogP contribution in [0.4, 0.5) is 0 Å². The highest BCUT2D eigenvalue weighted by atomic mass is 16.5. The molecule has 2 N–H and O–H groups in total. The second-order valence-corrected chi connectivity index (χ2v) is 5.00. The monoisotopic (exact) mass is 278 g/mol. The SMILES string of the molecule is CN=C(NCCCOCC(C)C)NCc1ccccn1. The number of aromatic nitrogens is 1. The maximum Gasteiger partial charge on any atom is 0.191 e. The number of pyridine rings is 1. The van der Waals surface area contributed by atoms with Gasteiger partial charge >= 0.3 is 0 Å². The van der Waals surface area contributed by atoms with Gasteiger partial charge in [0.05, 0.1) is 12.2 Å². The molecule has 0 fully saturated rings. The van der Waals surface area contributed by atoms with Crippen molar-refractivity contribution in [2.24, 2.45) is 10.9 Å². The van der Waals surface area contributed by atoms with Gasteiger partial charge in [0, 0.05) is 33.0 Å². The smallest absolute Gasteiger partial charge is 0.191 e. The summed E-state index contributed by atoms with van der Waals surface area (Å²) in [5.74, 6) is 1.38. The van der Waals surface area contributed by atoms with Gasteiger partial charge in [-0.1, -0.05) is 19.9 Å². The Kier molecular flexibility index (Phi) is 8.38. The largest absolute Gasteiger partial charge is 0.381 e. The third-order valence-electron chi connectivity index (χ3n) is 2.60. The van der Waals surface area contributed by atoms with Crippen LogP contribution in [0.15, 0.2) is 29.4 Å². The number of aliphatic imine (C=N–C) groups is 1. The van der Waals surface area contributed by atoms with Gasteiger partial charge in [0.2, 0.25) is 0 Å². The van der Waals surface area contributed by atoms with Crippen molar-refractivity contribution in [3.63, 3.8) is 0 Å². The molecule has 1 rings (SSSR count). The van der Waals surface area contributed by atoms with E-state index in [-0.39, 0.29) is 0 Å². The minimum absolute atomic E-state index is 0.593. The molecule has 0 amide bonds. The summed E-state index contributed by atoms with van der Waals surface area (Å²) in [5.41, 5.74) is 0.996. The van der Waals surface area contributed by atoms with Crippen LogP contribution >= 0.6 is 0 Å². The third-order valence-corrected chi connectivity index (χ3v) is 2.60. The second kappa shape index (κ2) is 10.2. The van der Waals surface area contributed by atoms with E-state index < -0.39 is 0 Å². The maximum absolute atomic E-state index is 5.53. The van der Waals surface area contributed by atoms with E-state index in [0.29, 0.717) is 12.5 Å². The number of hydrogen-bond donors (Lipinski definition) is 2. The van der Waals surface area contributed by atoms with E-state index in [4.69, 9.17) is 4.74 Å². The lowest BCUT2D eigenvalue weighted by molar-refractivity contribution is 0.108. The highest BCUT2D eigenvalue weighted by molar-refractivity contribution is 5.79. The van der Waals surface area contributed by atoms with E-state index in [1.165, 1.54) is 0 Å². The molecule has 0 radical (unpaired) electrons. The van der Waals surface area contributed by atoms with E-state index in [1.807, 2.05) is 18.2 Å². The highest BCUT2D eigenvalue weighted by Gasteiger charge is 1.98. The molecule has 0 saturated heterocycles. The van der Waals surface area contributed by atoms with Crippen LogP contribution in [0.2, 0.25) is 0 Å². The van der Waals surface area contributed by atoms with Crippen molar-refractivity contribution in [1.29, 1.82) is 0 Å². The first kappa shape index (κ1) is 16.4. The van der Waals surface area contributed by atoms with E-state index >= 15 is 0 Å². The van der Waals surface area contributed by atoms with Crippen LogP contribution in [0, 0.1) is 5.92 Å². The lowest BCUT2D eigenvalue weighted by atomic mass is 10.2. The number of rotatable bonds is 8. The van der Waals surface area contributed by atoms with Crippen molar-refractivity contribution in [2.75, 3.05) is 26.8 Å². The zero-order chi connectivity index (χ0) is 14.6. The van der Waals surface area contributed by atoms with Gasteiger partial charge in [0.15, 0.2) is 5.96 Å². The molecular weight excluding hydrogens is 252 g/mol. The number of nitrogens with one attached hydrogen (secondary N) is 2. The van der Waals surface area contributed by atoms with Gasteiger partial charge in [-0.05, 0) is 24.5 Å². The molecule has 0 aromatic carbocycles. The Hall–Kier alpha value is -1.62. The van der Waals surface area contributed by atoms with Gasteiger partial charge < -0.3 is 15.4 Å². The van der Waals surface area contributed by atoms with Gasteiger partial charge in [-0.2, -0.15) is 0 Å². The molecule has 20 heavy (non-hydrogen) atoms. The molecule has 1 heterocycles. The Morgan fingerprint density at radius 2 is 2.20 bits per heavy atom. The van der Waals surface area contributed by atoms with Gasteiger partial charge in [-0.25, -0.2) is 0 Å². The third kappa shape index (κ3) is 7.74. The summed E-state index contributed by atoms with van der Waals surface area (Å²) in [4.78, 5) is 8.43. The van der Waals surface area contributed by atoms with E-state index in [0.717, 1.165) is 37.8 Å². The first-order chi connectivity index (χ1) is 9.72. The van der Waals surface area contributed by atoms with Crippen molar-refractivity contribution in [3.8, 4) is 0 Å².